The van der Waals surface area contributed by atoms with E-state index in [0.717, 1.165) is 12.8 Å². The van der Waals surface area contributed by atoms with Crippen molar-refractivity contribution in [1.29, 1.82) is 0 Å². The molecule has 1 atom stereocenters. The SMILES string of the molecule is CCCCCCCCCCCCCCCCCCOCC(OCCCCCCCCCCCCCCCCCC)C(N)=O. The van der Waals surface area contributed by atoms with Crippen LogP contribution < -0.4 is 5.73 Å². The Hall–Kier alpha value is -0.610. The Labute approximate surface area is 270 Å². The van der Waals surface area contributed by atoms with Crippen LogP contribution in [0.15, 0.2) is 0 Å². The van der Waals surface area contributed by atoms with Gasteiger partial charge in [0.15, 0.2) is 6.10 Å². The van der Waals surface area contributed by atoms with E-state index >= 15 is 0 Å². The number of carbonyl (C=O) groups excluding carboxylic acids is 1. The molecule has 0 heterocycles. The van der Waals surface area contributed by atoms with E-state index in [1.54, 1.807) is 0 Å². The maximum absolute atomic E-state index is 11.7. The van der Waals surface area contributed by atoms with Crippen molar-refractivity contribution >= 4 is 5.91 Å². The van der Waals surface area contributed by atoms with Crippen LogP contribution in [0.5, 0.6) is 0 Å². The summed E-state index contributed by atoms with van der Waals surface area (Å²) in [5, 5.41) is 0. The largest absolute Gasteiger partial charge is 0.378 e. The Morgan fingerprint density at radius 1 is 0.419 bits per heavy atom. The molecule has 0 bridgehead atoms. The van der Waals surface area contributed by atoms with Crippen molar-refractivity contribution < 1.29 is 14.3 Å². The lowest BCUT2D eigenvalue weighted by Gasteiger charge is -2.15. The third kappa shape index (κ3) is 35.7. The highest BCUT2D eigenvalue weighted by molar-refractivity contribution is 5.78. The Morgan fingerprint density at radius 2 is 0.674 bits per heavy atom. The zero-order valence-electron chi connectivity index (χ0n) is 29.6. The molecule has 0 rings (SSSR count). The van der Waals surface area contributed by atoms with Crippen molar-refractivity contribution in [1.82, 2.24) is 0 Å². The summed E-state index contributed by atoms with van der Waals surface area (Å²) >= 11 is 0. The van der Waals surface area contributed by atoms with Gasteiger partial charge < -0.3 is 15.2 Å². The Morgan fingerprint density at radius 3 is 0.953 bits per heavy atom. The molecule has 1 amide bonds. The Balaban J connectivity index is 3.36. The second kappa shape index (κ2) is 37.6. The van der Waals surface area contributed by atoms with Crippen molar-refractivity contribution in [2.24, 2.45) is 5.73 Å². The number of amides is 1. The molecule has 0 aliphatic carbocycles. The van der Waals surface area contributed by atoms with Crippen LogP contribution in [0, 0.1) is 0 Å². The van der Waals surface area contributed by atoms with Gasteiger partial charge in [-0.1, -0.05) is 206 Å². The maximum Gasteiger partial charge on any atom is 0.248 e. The maximum atomic E-state index is 11.7. The fourth-order valence-corrected chi connectivity index (χ4v) is 6.03. The standard InChI is InChI=1S/C39H79NO3/c1-3-5-7-9-11-13-15-17-19-21-23-25-27-29-31-33-35-42-37-38(39(40)41)43-36-34-32-30-28-26-24-22-20-18-16-14-12-10-8-6-4-2/h38H,3-37H2,1-2H3,(H2,40,41). The number of ether oxygens (including phenoxy) is 2. The minimum absolute atomic E-state index is 0.299. The van der Waals surface area contributed by atoms with Crippen LogP contribution in [-0.2, 0) is 14.3 Å². The van der Waals surface area contributed by atoms with E-state index in [2.05, 4.69) is 13.8 Å². The number of carbonyl (C=O) groups is 1. The summed E-state index contributed by atoms with van der Waals surface area (Å²) in [6.07, 6.45) is 43.0. The molecule has 0 spiro atoms. The molecule has 4 heteroatoms. The van der Waals surface area contributed by atoms with E-state index in [1.165, 1.54) is 193 Å². The van der Waals surface area contributed by atoms with Gasteiger partial charge in [-0.05, 0) is 12.8 Å². The third-order valence-corrected chi connectivity index (χ3v) is 9.05. The molecule has 1 unspecified atom stereocenters. The average Bonchev–Trinajstić information content (AvgIpc) is 3.00. The van der Waals surface area contributed by atoms with Crippen molar-refractivity contribution in [3.8, 4) is 0 Å². The van der Waals surface area contributed by atoms with Crippen LogP contribution in [0.2, 0.25) is 0 Å². The highest BCUT2D eigenvalue weighted by Crippen LogP contribution is 2.15. The second-order valence-corrected chi connectivity index (χ2v) is 13.4. The smallest absolute Gasteiger partial charge is 0.248 e. The van der Waals surface area contributed by atoms with Crippen LogP contribution in [-0.4, -0.2) is 31.8 Å². The lowest BCUT2D eigenvalue weighted by Crippen LogP contribution is -2.35. The van der Waals surface area contributed by atoms with Crippen LogP contribution in [0.1, 0.15) is 219 Å². The van der Waals surface area contributed by atoms with Gasteiger partial charge in [-0.25, -0.2) is 0 Å². The third-order valence-electron chi connectivity index (χ3n) is 9.05. The van der Waals surface area contributed by atoms with Crippen molar-refractivity contribution in [3.63, 3.8) is 0 Å². The zero-order chi connectivity index (χ0) is 31.3. The first-order valence-electron chi connectivity index (χ1n) is 19.7. The van der Waals surface area contributed by atoms with E-state index in [4.69, 9.17) is 15.2 Å². The van der Waals surface area contributed by atoms with Gasteiger partial charge in [-0.3, -0.25) is 4.79 Å². The predicted octanol–water partition coefficient (Wildman–Crippen LogP) is 12.4. The van der Waals surface area contributed by atoms with Crippen molar-refractivity contribution in [2.45, 2.75) is 225 Å². The van der Waals surface area contributed by atoms with Gasteiger partial charge in [0, 0.05) is 13.2 Å². The van der Waals surface area contributed by atoms with Gasteiger partial charge in [0.2, 0.25) is 5.91 Å². The number of primary amides is 1. The van der Waals surface area contributed by atoms with E-state index in [1.807, 2.05) is 0 Å². The molecule has 4 nitrogen and oxygen atoms in total. The number of rotatable bonds is 38. The molecule has 0 saturated heterocycles. The number of nitrogens with two attached hydrogens (primary N) is 1. The van der Waals surface area contributed by atoms with E-state index in [0.29, 0.717) is 19.8 Å². The van der Waals surface area contributed by atoms with Crippen LogP contribution in [0.25, 0.3) is 0 Å². The number of hydrogen-bond acceptors (Lipinski definition) is 3. The fraction of sp³-hybridized carbons (Fsp3) is 0.974. The fourth-order valence-electron chi connectivity index (χ4n) is 6.03. The normalized spacial score (nSPS) is 12.2. The molecule has 0 aromatic heterocycles. The molecule has 0 aromatic rings. The first-order valence-corrected chi connectivity index (χ1v) is 19.7. The lowest BCUT2D eigenvalue weighted by molar-refractivity contribution is -0.133. The van der Waals surface area contributed by atoms with Crippen LogP contribution in [0.4, 0.5) is 0 Å². The van der Waals surface area contributed by atoms with Crippen LogP contribution in [0.3, 0.4) is 0 Å². The monoisotopic (exact) mass is 610 g/mol. The molecule has 0 aliphatic rings. The molecular formula is C39H79NO3. The second-order valence-electron chi connectivity index (χ2n) is 13.4. The van der Waals surface area contributed by atoms with Crippen LogP contribution >= 0.6 is 0 Å². The van der Waals surface area contributed by atoms with Crippen molar-refractivity contribution in [3.05, 3.63) is 0 Å². The first kappa shape index (κ1) is 42.4. The van der Waals surface area contributed by atoms with Gasteiger partial charge in [-0.15, -0.1) is 0 Å². The summed E-state index contributed by atoms with van der Waals surface area (Å²) in [6, 6.07) is 0. The zero-order valence-corrected chi connectivity index (χ0v) is 29.6. The molecule has 2 N–H and O–H groups in total. The lowest BCUT2D eigenvalue weighted by atomic mass is 10.0. The summed E-state index contributed by atoms with van der Waals surface area (Å²) in [5.74, 6) is -0.400. The van der Waals surface area contributed by atoms with E-state index in [-0.39, 0.29) is 0 Å². The molecule has 0 fully saturated rings. The van der Waals surface area contributed by atoms with E-state index in [9.17, 15) is 4.79 Å². The molecule has 0 saturated carbocycles. The molecule has 0 radical (unpaired) electrons. The molecule has 0 aromatic carbocycles. The summed E-state index contributed by atoms with van der Waals surface area (Å²) in [5.41, 5.74) is 5.54. The van der Waals surface area contributed by atoms with Crippen molar-refractivity contribution in [2.75, 3.05) is 19.8 Å². The summed E-state index contributed by atoms with van der Waals surface area (Å²) < 4.78 is 11.5. The Bertz CT molecular complexity index is 527. The highest BCUT2D eigenvalue weighted by atomic mass is 16.5. The topological polar surface area (TPSA) is 61.6 Å². The predicted molar refractivity (Wildman–Crippen MR) is 189 cm³/mol. The summed E-state index contributed by atoms with van der Waals surface area (Å²) in [6.45, 7) is 6.18. The van der Waals surface area contributed by atoms with Gasteiger partial charge in [0.05, 0.1) is 6.61 Å². The van der Waals surface area contributed by atoms with Gasteiger partial charge in [-0.2, -0.15) is 0 Å². The molecule has 258 valence electrons. The Kier molecular flexibility index (Phi) is 37.0. The number of hydrogen-bond donors (Lipinski definition) is 1. The first-order chi connectivity index (χ1) is 21.2. The van der Waals surface area contributed by atoms with Gasteiger partial charge >= 0.3 is 0 Å². The molecular weight excluding hydrogens is 530 g/mol. The minimum Gasteiger partial charge on any atom is -0.378 e. The summed E-state index contributed by atoms with van der Waals surface area (Å²) in [7, 11) is 0. The van der Waals surface area contributed by atoms with E-state index < -0.39 is 12.0 Å². The highest BCUT2D eigenvalue weighted by Gasteiger charge is 2.15. The van der Waals surface area contributed by atoms with Gasteiger partial charge in [0.25, 0.3) is 0 Å². The molecule has 43 heavy (non-hydrogen) atoms. The number of unbranched alkanes of at least 4 members (excludes halogenated alkanes) is 30. The quantitative estimate of drug-likeness (QED) is 0.0708. The average molecular weight is 610 g/mol. The molecule has 0 aliphatic heterocycles. The van der Waals surface area contributed by atoms with Gasteiger partial charge in [0.1, 0.15) is 0 Å². The minimum atomic E-state index is -0.600. The summed E-state index contributed by atoms with van der Waals surface area (Å²) in [4.78, 5) is 11.7.